The fourth-order valence-electron chi connectivity index (χ4n) is 1.47. The molecule has 2 rings (SSSR count). The Balaban J connectivity index is 2.29. The van der Waals surface area contributed by atoms with Gasteiger partial charge < -0.3 is 5.11 Å². The summed E-state index contributed by atoms with van der Waals surface area (Å²) in [7, 11) is -2.99. The molecule has 1 N–H and O–H groups in total. The summed E-state index contributed by atoms with van der Waals surface area (Å²) < 4.78 is 22.6. The molecule has 0 bridgehead atoms. The zero-order valence-corrected chi connectivity index (χ0v) is 9.40. The van der Waals surface area contributed by atoms with Crippen LogP contribution in [-0.2, 0) is 33.2 Å². The maximum Gasteiger partial charge on any atom is 0.310 e. The minimum atomic E-state index is -2.99. The number of aryl methyl sites for hydroxylation is 1. The van der Waals surface area contributed by atoms with E-state index >= 15 is 0 Å². The summed E-state index contributed by atoms with van der Waals surface area (Å²) in [6, 6.07) is 0. The Labute approximate surface area is 90.7 Å². The molecule has 0 saturated carbocycles. The van der Waals surface area contributed by atoms with E-state index < -0.39 is 15.8 Å². The first-order chi connectivity index (χ1) is 6.96. The average molecular weight is 247 g/mol. The SMILES string of the molecule is O=C(O)Cc1nc2c(s1)CS(=O)(=O)CC2. The number of rotatable bonds is 2. The number of carbonyl (C=O) groups is 1. The molecule has 0 atom stereocenters. The molecule has 1 aromatic rings. The third kappa shape index (κ3) is 2.35. The van der Waals surface area contributed by atoms with Crippen molar-refractivity contribution in [3.63, 3.8) is 0 Å². The Morgan fingerprint density at radius 2 is 2.27 bits per heavy atom. The Morgan fingerprint density at radius 3 is 2.93 bits per heavy atom. The molecule has 0 amide bonds. The Hall–Kier alpha value is -0.950. The highest BCUT2D eigenvalue weighted by atomic mass is 32.2. The van der Waals surface area contributed by atoms with Gasteiger partial charge in [0.15, 0.2) is 9.84 Å². The number of nitrogens with zero attached hydrogens (tertiary/aromatic N) is 1. The third-order valence-corrected chi connectivity index (χ3v) is 4.96. The van der Waals surface area contributed by atoms with Crippen LogP contribution in [0, 0.1) is 0 Å². The number of thiazole rings is 1. The molecule has 5 nitrogen and oxygen atoms in total. The van der Waals surface area contributed by atoms with E-state index in [1.54, 1.807) is 0 Å². The summed E-state index contributed by atoms with van der Waals surface area (Å²) >= 11 is 1.19. The summed E-state index contributed by atoms with van der Waals surface area (Å²) in [4.78, 5) is 15.3. The van der Waals surface area contributed by atoms with Crippen molar-refractivity contribution < 1.29 is 18.3 Å². The highest BCUT2D eigenvalue weighted by Gasteiger charge is 2.25. The number of sulfone groups is 1. The van der Waals surface area contributed by atoms with Gasteiger partial charge in [-0.1, -0.05) is 0 Å². The van der Waals surface area contributed by atoms with Gasteiger partial charge in [0, 0.05) is 11.3 Å². The molecule has 0 saturated heterocycles. The van der Waals surface area contributed by atoms with Gasteiger partial charge in [0.25, 0.3) is 0 Å². The molecule has 1 aromatic heterocycles. The molecule has 1 aliphatic rings. The normalized spacial score (nSPS) is 18.4. The summed E-state index contributed by atoms with van der Waals surface area (Å²) in [5.41, 5.74) is 0.756. The quantitative estimate of drug-likeness (QED) is 0.809. The predicted octanol–water partition coefficient (Wildman–Crippen LogP) is 0.241. The first kappa shape index (κ1) is 10.6. The largest absolute Gasteiger partial charge is 0.481 e. The Bertz CT molecular complexity index is 503. The molecule has 7 heteroatoms. The Kier molecular flexibility index (Phi) is 2.51. The van der Waals surface area contributed by atoms with Gasteiger partial charge in [0.05, 0.1) is 23.6 Å². The van der Waals surface area contributed by atoms with Crippen molar-refractivity contribution in [2.24, 2.45) is 0 Å². The van der Waals surface area contributed by atoms with Crippen LogP contribution in [0.3, 0.4) is 0 Å². The summed E-state index contributed by atoms with van der Waals surface area (Å²) in [5, 5.41) is 9.07. The number of hydrogen-bond acceptors (Lipinski definition) is 5. The Morgan fingerprint density at radius 1 is 1.53 bits per heavy atom. The molecule has 15 heavy (non-hydrogen) atoms. The summed E-state index contributed by atoms with van der Waals surface area (Å²) in [6.45, 7) is 0. The van der Waals surface area contributed by atoms with E-state index in [1.807, 2.05) is 0 Å². The van der Waals surface area contributed by atoms with Crippen molar-refractivity contribution in [2.45, 2.75) is 18.6 Å². The lowest BCUT2D eigenvalue weighted by Crippen LogP contribution is -2.17. The second-order valence-corrected chi connectivity index (χ2v) is 6.74. The van der Waals surface area contributed by atoms with Crippen molar-refractivity contribution in [1.82, 2.24) is 4.98 Å². The van der Waals surface area contributed by atoms with Crippen LogP contribution in [0.15, 0.2) is 0 Å². The van der Waals surface area contributed by atoms with Gasteiger partial charge in [-0.3, -0.25) is 4.79 Å². The highest BCUT2D eigenvalue weighted by molar-refractivity contribution is 7.90. The van der Waals surface area contributed by atoms with E-state index in [0.717, 1.165) is 5.69 Å². The first-order valence-corrected chi connectivity index (χ1v) is 7.00. The second-order valence-electron chi connectivity index (χ2n) is 3.39. The molecule has 82 valence electrons. The minimum absolute atomic E-state index is 0.0135. The highest BCUT2D eigenvalue weighted by Crippen LogP contribution is 2.26. The molecule has 0 aromatic carbocycles. The van der Waals surface area contributed by atoms with E-state index in [4.69, 9.17) is 5.11 Å². The van der Waals surface area contributed by atoms with E-state index in [0.29, 0.717) is 16.3 Å². The molecule has 0 fully saturated rings. The number of carboxylic acids is 1. The topological polar surface area (TPSA) is 84.3 Å². The third-order valence-electron chi connectivity index (χ3n) is 2.13. The molecule has 1 aliphatic heterocycles. The molecule has 0 spiro atoms. The van der Waals surface area contributed by atoms with Gasteiger partial charge in [0.2, 0.25) is 0 Å². The van der Waals surface area contributed by atoms with E-state index in [9.17, 15) is 13.2 Å². The van der Waals surface area contributed by atoms with E-state index in [1.165, 1.54) is 11.3 Å². The van der Waals surface area contributed by atoms with Crippen LogP contribution >= 0.6 is 11.3 Å². The van der Waals surface area contributed by atoms with Crippen LogP contribution in [-0.4, -0.2) is 30.2 Å². The lowest BCUT2D eigenvalue weighted by molar-refractivity contribution is -0.136. The van der Waals surface area contributed by atoms with Crippen molar-refractivity contribution >= 4 is 27.1 Å². The monoisotopic (exact) mass is 247 g/mol. The van der Waals surface area contributed by atoms with Gasteiger partial charge in [-0.05, 0) is 0 Å². The zero-order chi connectivity index (χ0) is 11.1. The fourth-order valence-corrected chi connectivity index (χ4v) is 4.36. The maximum absolute atomic E-state index is 11.3. The summed E-state index contributed by atoms with van der Waals surface area (Å²) in [6.07, 6.45) is 0.283. The van der Waals surface area contributed by atoms with E-state index in [2.05, 4.69) is 4.98 Å². The smallest absolute Gasteiger partial charge is 0.310 e. The molecule has 0 aliphatic carbocycles. The number of aliphatic carboxylic acids is 1. The first-order valence-electron chi connectivity index (χ1n) is 4.36. The standard InChI is InChI=1S/C8H9NO4S2/c10-8(11)3-7-9-5-1-2-15(12,13)4-6(5)14-7/h1-4H2,(H,10,11). The van der Waals surface area contributed by atoms with E-state index in [-0.39, 0.29) is 17.9 Å². The van der Waals surface area contributed by atoms with Gasteiger partial charge in [-0.25, -0.2) is 13.4 Å². The van der Waals surface area contributed by atoms with Crippen molar-refractivity contribution in [3.05, 3.63) is 15.6 Å². The molecule has 0 unspecified atom stereocenters. The van der Waals surface area contributed by atoms with Gasteiger partial charge in [0.1, 0.15) is 5.01 Å². The summed E-state index contributed by atoms with van der Waals surface area (Å²) in [5.74, 6) is -0.806. The predicted molar refractivity (Wildman–Crippen MR) is 54.6 cm³/mol. The van der Waals surface area contributed by atoms with Crippen molar-refractivity contribution in [3.8, 4) is 0 Å². The van der Waals surface area contributed by atoms with Crippen LogP contribution in [0.5, 0.6) is 0 Å². The number of fused-ring (bicyclic) bond motifs is 1. The van der Waals surface area contributed by atoms with Crippen LogP contribution in [0.2, 0.25) is 0 Å². The second kappa shape index (κ2) is 3.57. The van der Waals surface area contributed by atoms with Crippen LogP contribution in [0.25, 0.3) is 0 Å². The molecular formula is C8H9NO4S2. The lowest BCUT2D eigenvalue weighted by Gasteiger charge is -2.09. The van der Waals surface area contributed by atoms with Gasteiger partial charge in [-0.2, -0.15) is 0 Å². The van der Waals surface area contributed by atoms with Crippen molar-refractivity contribution in [2.75, 3.05) is 5.75 Å². The average Bonchev–Trinajstić information content (AvgIpc) is 2.42. The maximum atomic E-state index is 11.3. The molecular weight excluding hydrogens is 238 g/mol. The van der Waals surface area contributed by atoms with Crippen molar-refractivity contribution in [1.29, 1.82) is 0 Å². The van der Waals surface area contributed by atoms with Crippen LogP contribution < -0.4 is 0 Å². The zero-order valence-electron chi connectivity index (χ0n) is 7.76. The number of carboxylic acid groups (broad SMARTS) is 1. The minimum Gasteiger partial charge on any atom is -0.481 e. The van der Waals surface area contributed by atoms with Crippen LogP contribution in [0.1, 0.15) is 15.6 Å². The molecule has 0 radical (unpaired) electrons. The van der Waals surface area contributed by atoms with Gasteiger partial charge in [-0.15, -0.1) is 11.3 Å². The van der Waals surface area contributed by atoms with Gasteiger partial charge >= 0.3 is 5.97 Å². The number of hydrogen-bond donors (Lipinski definition) is 1. The fraction of sp³-hybridized carbons (Fsp3) is 0.500. The number of aromatic nitrogens is 1. The van der Waals surface area contributed by atoms with Crippen LogP contribution in [0.4, 0.5) is 0 Å². The lowest BCUT2D eigenvalue weighted by atomic mass is 10.3. The molecule has 2 heterocycles.